The first-order valence-electron chi connectivity index (χ1n) is 8.68. The second-order valence-corrected chi connectivity index (χ2v) is 7.85. The van der Waals surface area contributed by atoms with E-state index >= 15 is 0 Å². The predicted octanol–water partition coefficient (Wildman–Crippen LogP) is 3.92. The molecule has 5 nitrogen and oxygen atoms in total. The number of amides is 1. The number of halogens is 1. The monoisotopic (exact) mass is 378 g/mol. The number of rotatable bonds is 6. The lowest BCUT2D eigenvalue weighted by molar-refractivity contribution is -0.118. The van der Waals surface area contributed by atoms with E-state index in [1.165, 1.54) is 43.9 Å². The highest BCUT2D eigenvalue weighted by atomic mass is 35.5. The minimum Gasteiger partial charge on any atom is -0.355 e. The number of aromatic nitrogens is 3. The van der Waals surface area contributed by atoms with Crippen molar-refractivity contribution in [2.45, 2.75) is 37.3 Å². The van der Waals surface area contributed by atoms with Crippen molar-refractivity contribution in [3.05, 3.63) is 29.3 Å². The van der Waals surface area contributed by atoms with Gasteiger partial charge in [0.2, 0.25) is 5.91 Å². The molecule has 1 aromatic heterocycles. The van der Waals surface area contributed by atoms with E-state index < -0.39 is 0 Å². The third-order valence-electron chi connectivity index (χ3n) is 4.58. The molecule has 0 spiro atoms. The van der Waals surface area contributed by atoms with E-state index in [2.05, 4.69) is 15.5 Å². The number of benzene rings is 1. The summed E-state index contributed by atoms with van der Waals surface area (Å²) >= 11 is 7.33. The fraction of sp³-hybridized carbons (Fsp3) is 0.500. The van der Waals surface area contributed by atoms with Gasteiger partial charge in [-0.05, 0) is 43.0 Å². The molecule has 0 bridgehead atoms. The first-order valence-corrected chi connectivity index (χ1v) is 10.0. The Morgan fingerprint density at radius 3 is 2.68 bits per heavy atom. The highest BCUT2D eigenvalue weighted by Crippen LogP contribution is 2.24. The van der Waals surface area contributed by atoms with Crippen LogP contribution in [0.1, 0.15) is 32.1 Å². The van der Waals surface area contributed by atoms with E-state index in [0.29, 0.717) is 16.7 Å². The van der Waals surface area contributed by atoms with Gasteiger partial charge in [-0.1, -0.05) is 42.6 Å². The van der Waals surface area contributed by atoms with Crippen LogP contribution in [0.25, 0.3) is 11.4 Å². The van der Waals surface area contributed by atoms with Gasteiger partial charge in [0.05, 0.1) is 5.75 Å². The zero-order chi connectivity index (χ0) is 17.6. The Kier molecular flexibility index (Phi) is 6.37. The van der Waals surface area contributed by atoms with E-state index in [0.717, 1.165) is 23.1 Å². The van der Waals surface area contributed by atoms with Gasteiger partial charge >= 0.3 is 0 Å². The molecule has 1 aliphatic carbocycles. The molecule has 1 fully saturated rings. The Labute approximate surface area is 157 Å². The predicted molar refractivity (Wildman–Crippen MR) is 102 cm³/mol. The van der Waals surface area contributed by atoms with Gasteiger partial charge in [0, 0.05) is 24.2 Å². The maximum absolute atomic E-state index is 12.1. The van der Waals surface area contributed by atoms with Gasteiger partial charge in [-0.15, -0.1) is 10.2 Å². The third-order valence-corrected chi connectivity index (χ3v) is 5.85. The van der Waals surface area contributed by atoms with Crippen LogP contribution in [-0.2, 0) is 11.8 Å². The van der Waals surface area contributed by atoms with E-state index in [4.69, 9.17) is 11.6 Å². The largest absolute Gasteiger partial charge is 0.355 e. The molecule has 1 aliphatic rings. The number of hydrogen-bond acceptors (Lipinski definition) is 4. The lowest BCUT2D eigenvalue weighted by atomic mass is 9.89. The van der Waals surface area contributed by atoms with E-state index in [-0.39, 0.29) is 5.91 Å². The molecule has 134 valence electrons. The maximum atomic E-state index is 12.1. The standard InChI is InChI=1S/C18H23ClN4OS/c1-23-17(14-7-9-15(19)10-8-14)21-22-18(23)25-12-16(24)20-11-13-5-3-2-4-6-13/h7-10,13H,2-6,11-12H2,1H3,(H,20,24). The molecule has 1 heterocycles. The summed E-state index contributed by atoms with van der Waals surface area (Å²) < 4.78 is 1.91. The first kappa shape index (κ1) is 18.3. The maximum Gasteiger partial charge on any atom is 0.230 e. The summed E-state index contributed by atoms with van der Waals surface area (Å²) in [6.45, 7) is 0.800. The van der Waals surface area contributed by atoms with Crippen molar-refractivity contribution >= 4 is 29.3 Å². The minimum atomic E-state index is 0.0617. The Bertz CT molecular complexity index is 710. The summed E-state index contributed by atoms with van der Waals surface area (Å²) in [6.07, 6.45) is 6.40. The number of carbonyl (C=O) groups excluding carboxylic acids is 1. The summed E-state index contributed by atoms with van der Waals surface area (Å²) in [5.74, 6) is 1.83. The molecule has 0 unspecified atom stereocenters. The molecule has 0 atom stereocenters. The van der Waals surface area contributed by atoms with Crippen LogP contribution in [0.5, 0.6) is 0 Å². The molecular formula is C18H23ClN4OS. The van der Waals surface area contributed by atoms with Crippen LogP contribution in [0.15, 0.2) is 29.4 Å². The van der Waals surface area contributed by atoms with Crippen molar-refractivity contribution in [2.24, 2.45) is 13.0 Å². The van der Waals surface area contributed by atoms with Crippen LogP contribution in [0.2, 0.25) is 5.02 Å². The summed E-state index contributed by atoms with van der Waals surface area (Å²) in [5, 5.41) is 12.9. The van der Waals surface area contributed by atoms with Gasteiger partial charge in [0.15, 0.2) is 11.0 Å². The Hall–Kier alpha value is -1.53. The lowest BCUT2D eigenvalue weighted by Crippen LogP contribution is -2.31. The van der Waals surface area contributed by atoms with Gasteiger partial charge in [0.1, 0.15) is 0 Å². The van der Waals surface area contributed by atoms with Gasteiger partial charge in [-0.25, -0.2) is 0 Å². The summed E-state index contributed by atoms with van der Waals surface area (Å²) in [4.78, 5) is 12.1. The van der Waals surface area contributed by atoms with Gasteiger partial charge in [0.25, 0.3) is 0 Å². The minimum absolute atomic E-state index is 0.0617. The number of carbonyl (C=O) groups is 1. The van der Waals surface area contributed by atoms with Crippen molar-refractivity contribution < 1.29 is 4.79 Å². The normalized spacial score (nSPS) is 15.3. The molecule has 1 N–H and O–H groups in total. The molecule has 7 heteroatoms. The van der Waals surface area contributed by atoms with Crippen LogP contribution in [0.3, 0.4) is 0 Å². The number of nitrogens with zero attached hydrogens (tertiary/aromatic N) is 3. The second-order valence-electron chi connectivity index (χ2n) is 6.47. The molecule has 1 amide bonds. The topological polar surface area (TPSA) is 59.8 Å². The van der Waals surface area contributed by atoms with Crippen molar-refractivity contribution in [3.63, 3.8) is 0 Å². The fourth-order valence-corrected chi connectivity index (χ4v) is 3.99. The van der Waals surface area contributed by atoms with Crippen molar-refractivity contribution in [1.29, 1.82) is 0 Å². The molecule has 1 saturated carbocycles. The van der Waals surface area contributed by atoms with Crippen molar-refractivity contribution in [3.8, 4) is 11.4 Å². The van der Waals surface area contributed by atoms with E-state index in [9.17, 15) is 4.79 Å². The number of thioether (sulfide) groups is 1. The number of hydrogen-bond donors (Lipinski definition) is 1. The van der Waals surface area contributed by atoms with Crippen LogP contribution in [0, 0.1) is 5.92 Å². The Morgan fingerprint density at radius 2 is 1.96 bits per heavy atom. The summed E-state index contributed by atoms with van der Waals surface area (Å²) in [6, 6.07) is 7.49. The highest BCUT2D eigenvalue weighted by molar-refractivity contribution is 7.99. The second kappa shape index (κ2) is 8.72. The molecular weight excluding hydrogens is 356 g/mol. The van der Waals surface area contributed by atoms with Crippen molar-refractivity contribution in [1.82, 2.24) is 20.1 Å². The van der Waals surface area contributed by atoms with Gasteiger partial charge in [-0.3, -0.25) is 4.79 Å². The number of nitrogens with one attached hydrogen (secondary N) is 1. The van der Waals surface area contributed by atoms with Crippen molar-refractivity contribution in [2.75, 3.05) is 12.3 Å². The fourth-order valence-electron chi connectivity index (χ4n) is 3.12. The lowest BCUT2D eigenvalue weighted by Gasteiger charge is -2.21. The Morgan fingerprint density at radius 1 is 1.24 bits per heavy atom. The molecule has 1 aromatic carbocycles. The van der Waals surface area contributed by atoms with Gasteiger partial charge in [-0.2, -0.15) is 0 Å². The van der Waals surface area contributed by atoms with E-state index in [1.807, 2.05) is 35.9 Å². The molecule has 2 aromatic rings. The zero-order valence-corrected chi connectivity index (χ0v) is 15.9. The van der Waals surface area contributed by atoms with Crippen LogP contribution in [-0.4, -0.2) is 33.0 Å². The van der Waals surface area contributed by atoms with E-state index in [1.54, 1.807) is 0 Å². The highest BCUT2D eigenvalue weighted by Gasteiger charge is 2.16. The molecule has 3 rings (SSSR count). The smallest absolute Gasteiger partial charge is 0.230 e. The summed E-state index contributed by atoms with van der Waals surface area (Å²) in [5.41, 5.74) is 0.952. The zero-order valence-electron chi connectivity index (χ0n) is 14.4. The average Bonchev–Trinajstić information content (AvgIpc) is 3.00. The van der Waals surface area contributed by atoms with Crippen LogP contribution >= 0.6 is 23.4 Å². The molecule has 0 radical (unpaired) electrons. The quantitative estimate of drug-likeness (QED) is 0.774. The average molecular weight is 379 g/mol. The third kappa shape index (κ3) is 4.98. The SMILES string of the molecule is Cn1c(SCC(=O)NCC2CCCCC2)nnc1-c1ccc(Cl)cc1. The molecule has 0 saturated heterocycles. The molecule has 0 aliphatic heterocycles. The Balaban J connectivity index is 1.51. The first-order chi connectivity index (χ1) is 12.1. The van der Waals surface area contributed by atoms with Gasteiger partial charge < -0.3 is 9.88 Å². The van der Waals surface area contributed by atoms with Crippen LogP contribution in [0.4, 0.5) is 0 Å². The van der Waals surface area contributed by atoms with Crippen LogP contribution < -0.4 is 5.32 Å². The molecule has 25 heavy (non-hydrogen) atoms. The summed E-state index contributed by atoms with van der Waals surface area (Å²) in [7, 11) is 1.91.